The fourth-order valence-electron chi connectivity index (χ4n) is 0.207. The van der Waals surface area contributed by atoms with Crippen molar-refractivity contribution in [2.75, 3.05) is 0 Å². The smallest absolute Gasteiger partial charge is 0.205 e. The third-order valence-electron chi connectivity index (χ3n) is 0.520. The maximum Gasteiger partial charge on any atom is 0.205 e. The lowest BCUT2D eigenvalue weighted by molar-refractivity contribution is 0.406. The zero-order valence-corrected chi connectivity index (χ0v) is 4.55. The van der Waals surface area contributed by atoms with E-state index in [2.05, 4.69) is 4.99 Å². The molecule has 0 saturated heterocycles. The molecule has 2 nitrogen and oxygen atoms in total. The van der Waals surface area contributed by atoms with Crippen molar-refractivity contribution >= 4 is 6.21 Å². The molecule has 0 fully saturated rings. The predicted octanol–water partition coefficient (Wildman–Crippen LogP) is 1.50. The van der Waals surface area contributed by atoms with Gasteiger partial charge >= 0.3 is 0 Å². The highest BCUT2D eigenvalue weighted by Crippen LogP contribution is 1.84. The normalized spacial score (nSPS) is 13.1. The Kier molecular flexibility index (Phi) is 3.02. The second-order valence-electron chi connectivity index (χ2n) is 1.03. The summed E-state index contributed by atoms with van der Waals surface area (Å²) in [5.74, 6) is 0.0718. The molecule has 7 heavy (non-hydrogen) atoms. The molecule has 0 spiro atoms. The van der Waals surface area contributed by atoms with Crippen LogP contribution in [0, 0.1) is 0 Å². The van der Waals surface area contributed by atoms with Gasteiger partial charge in [-0.25, -0.2) is 4.99 Å². The van der Waals surface area contributed by atoms with E-state index in [0.29, 0.717) is 0 Å². The molecule has 0 bridgehead atoms. The highest BCUT2D eigenvalue weighted by Gasteiger charge is 1.73. The van der Waals surface area contributed by atoms with Gasteiger partial charge in [-0.1, -0.05) is 0 Å². The Hall–Kier alpha value is -0.790. The highest BCUT2D eigenvalue weighted by atomic mass is 16.3. The summed E-state index contributed by atoms with van der Waals surface area (Å²) in [5, 5.41) is 8.52. The van der Waals surface area contributed by atoms with Gasteiger partial charge in [0.15, 0.2) is 0 Å². The van der Waals surface area contributed by atoms with Crippen LogP contribution >= 0.6 is 0 Å². The standard InChI is InChI=1S/C5H9NO/c1-3-5(7)6-4-2/h3-4,7H,1-2H3/b5-3+,6-4?. The summed E-state index contributed by atoms with van der Waals surface area (Å²) in [4.78, 5) is 3.53. The van der Waals surface area contributed by atoms with Gasteiger partial charge in [0.05, 0.1) is 0 Å². The number of aliphatic hydroxyl groups is 1. The number of hydrogen-bond donors (Lipinski definition) is 1. The van der Waals surface area contributed by atoms with Gasteiger partial charge in [0.25, 0.3) is 0 Å². The summed E-state index contributed by atoms with van der Waals surface area (Å²) in [6.45, 7) is 3.47. The molecule has 0 unspecified atom stereocenters. The fourth-order valence-corrected chi connectivity index (χ4v) is 0.207. The van der Waals surface area contributed by atoms with Gasteiger partial charge in [-0.3, -0.25) is 0 Å². The minimum Gasteiger partial charge on any atom is -0.494 e. The Morgan fingerprint density at radius 3 is 2.29 bits per heavy atom. The van der Waals surface area contributed by atoms with Crippen LogP contribution < -0.4 is 0 Å². The topological polar surface area (TPSA) is 32.6 Å². The molecule has 0 aliphatic rings. The highest BCUT2D eigenvalue weighted by molar-refractivity contribution is 5.54. The molecule has 0 aliphatic heterocycles. The van der Waals surface area contributed by atoms with E-state index in [1.165, 1.54) is 12.3 Å². The maximum absolute atomic E-state index is 8.52. The molecule has 0 aromatic carbocycles. The van der Waals surface area contributed by atoms with Crippen LogP contribution in [0.4, 0.5) is 0 Å². The minimum absolute atomic E-state index is 0.0718. The second-order valence-corrected chi connectivity index (χ2v) is 1.03. The van der Waals surface area contributed by atoms with Gasteiger partial charge in [-0.05, 0) is 19.9 Å². The van der Waals surface area contributed by atoms with Crippen molar-refractivity contribution in [3.8, 4) is 0 Å². The fraction of sp³-hybridized carbons (Fsp3) is 0.400. The first-order chi connectivity index (χ1) is 3.31. The van der Waals surface area contributed by atoms with Crippen molar-refractivity contribution in [1.82, 2.24) is 0 Å². The first-order valence-electron chi connectivity index (χ1n) is 2.15. The Morgan fingerprint density at radius 2 is 2.14 bits per heavy atom. The largest absolute Gasteiger partial charge is 0.494 e. The van der Waals surface area contributed by atoms with Crippen LogP contribution in [0.15, 0.2) is 17.0 Å². The number of aliphatic hydroxyl groups excluding tert-OH is 1. The van der Waals surface area contributed by atoms with Crippen molar-refractivity contribution in [2.24, 2.45) is 4.99 Å². The number of aliphatic imine (C=N–C) groups is 1. The van der Waals surface area contributed by atoms with Crippen molar-refractivity contribution < 1.29 is 5.11 Å². The Labute approximate surface area is 43.2 Å². The third kappa shape index (κ3) is 3.03. The summed E-state index contributed by atoms with van der Waals surface area (Å²) in [7, 11) is 0. The number of rotatable bonds is 1. The number of allylic oxidation sites excluding steroid dienone is 1. The van der Waals surface area contributed by atoms with Crippen LogP contribution in [0.2, 0.25) is 0 Å². The van der Waals surface area contributed by atoms with E-state index in [1.807, 2.05) is 0 Å². The molecule has 1 N–H and O–H groups in total. The molecule has 0 aromatic heterocycles. The van der Waals surface area contributed by atoms with Gasteiger partial charge < -0.3 is 5.11 Å². The van der Waals surface area contributed by atoms with Crippen LogP contribution in [0.5, 0.6) is 0 Å². The summed E-state index contributed by atoms with van der Waals surface area (Å²) >= 11 is 0. The molecule has 0 heterocycles. The summed E-state index contributed by atoms with van der Waals surface area (Å²) in [6, 6.07) is 0. The molecule has 2 heteroatoms. The average molecular weight is 99.1 g/mol. The number of hydrogen-bond acceptors (Lipinski definition) is 2. The molecular formula is C5H9NO. The maximum atomic E-state index is 8.52. The zero-order chi connectivity index (χ0) is 5.70. The van der Waals surface area contributed by atoms with Crippen LogP contribution in [0.1, 0.15) is 13.8 Å². The van der Waals surface area contributed by atoms with Crippen molar-refractivity contribution in [3.63, 3.8) is 0 Å². The SMILES string of the molecule is CC=N/C(O)=C\C. The quantitative estimate of drug-likeness (QED) is 0.392. The van der Waals surface area contributed by atoms with E-state index in [1.54, 1.807) is 13.8 Å². The molecule has 0 aliphatic carbocycles. The van der Waals surface area contributed by atoms with Gasteiger partial charge in [0.2, 0.25) is 5.88 Å². The summed E-state index contributed by atoms with van der Waals surface area (Å²) < 4.78 is 0. The number of nitrogens with zero attached hydrogens (tertiary/aromatic N) is 1. The molecular weight excluding hydrogens is 90.1 g/mol. The van der Waals surface area contributed by atoms with E-state index in [4.69, 9.17) is 5.11 Å². The lowest BCUT2D eigenvalue weighted by Crippen LogP contribution is -1.70. The predicted molar refractivity (Wildman–Crippen MR) is 30.6 cm³/mol. The molecule has 0 aromatic rings. The van der Waals surface area contributed by atoms with Gasteiger partial charge in [0.1, 0.15) is 0 Å². The average Bonchev–Trinajstić information content (AvgIpc) is 1.68. The van der Waals surface area contributed by atoms with E-state index < -0.39 is 0 Å². The van der Waals surface area contributed by atoms with Crippen molar-refractivity contribution in [1.29, 1.82) is 0 Å². The molecule has 0 saturated carbocycles. The molecule has 40 valence electrons. The first kappa shape index (κ1) is 6.21. The van der Waals surface area contributed by atoms with Crippen LogP contribution in [-0.4, -0.2) is 11.3 Å². The van der Waals surface area contributed by atoms with E-state index in [-0.39, 0.29) is 5.88 Å². The van der Waals surface area contributed by atoms with Crippen LogP contribution in [0.25, 0.3) is 0 Å². The first-order valence-corrected chi connectivity index (χ1v) is 2.15. The molecule has 0 atom stereocenters. The monoisotopic (exact) mass is 99.1 g/mol. The van der Waals surface area contributed by atoms with Crippen LogP contribution in [-0.2, 0) is 0 Å². The zero-order valence-electron chi connectivity index (χ0n) is 4.55. The Bertz CT molecular complexity index is 94.3. The molecule has 0 amide bonds. The summed E-state index contributed by atoms with van der Waals surface area (Å²) in [6.07, 6.45) is 3.06. The van der Waals surface area contributed by atoms with Crippen molar-refractivity contribution in [2.45, 2.75) is 13.8 Å². The molecule has 0 rings (SSSR count). The van der Waals surface area contributed by atoms with Gasteiger partial charge in [-0.2, -0.15) is 0 Å². The van der Waals surface area contributed by atoms with Crippen LogP contribution in [0.3, 0.4) is 0 Å². The summed E-state index contributed by atoms with van der Waals surface area (Å²) in [5.41, 5.74) is 0. The lowest BCUT2D eigenvalue weighted by atomic mass is 10.6. The van der Waals surface area contributed by atoms with E-state index in [9.17, 15) is 0 Å². The van der Waals surface area contributed by atoms with Gasteiger partial charge in [0, 0.05) is 6.21 Å². The van der Waals surface area contributed by atoms with E-state index in [0.717, 1.165) is 0 Å². The Morgan fingerprint density at radius 1 is 1.57 bits per heavy atom. The van der Waals surface area contributed by atoms with Gasteiger partial charge in [-0.15, -0.1) is 0 Å². The van der Waals surface area contributed by atoms with E-state index >= 15 is 0 Å². The van der Waals surface area contributed by atoms with Crippen molar-refractivity contribution in [3.05, 3.63) is 12.0 Å². The third-order valence-corrected chi connectivity index (χ3v) is 0.520. The lowest BCUT2D eigenvalue weighted by Gasteiger charge is -1.81. The molecule has 0 radical (unpaired) electrons. The minimum atomic E-state index is 0.0718. The second kappa shape index (κ2) is 3.40. The Balaban J connectivity index is 3.58.